The third kappa shape index (κ3) is 3.09. The Morgan fingerprint density at radius 1 is 1.04 bits per heavy atom. The number of furan rings is 1. The summed E-state index contributed by atoms with van der Waals surface area (Å²) >= 11 is 3.55. The Morgan fingerprint density at radius 2 is 1.88 bits per heavy atom. The lowest BCUT2D eigenvalue weighted by Gasteiger charge is -2.08. The topological polar surface area (TPSA) is 26.0 Å². The molecule has 0 aliphatic carbocycles. The van der Waals surface area contributed by atoms with Crippen LogP contribution in [0.15, 0.2) is 57.6 Å². The van der Waals surface area contributed by atoms with E-state index in [1.165, 1.54) is 10.9 Å². The molecule has 126 valence electrons. The normalized spacial score (nSPS) is 11.7. The third-order valence-electron chi connectivity index (χ3n) is 4.40. The minimum Gasteiger partial charge on any atom is -0.460 e. The summed E-state index contributed by atoms with van der Waals surface area (Å²) in [6.45, 7) is 6.55. The van der Waals surface area contributed by atoms with Crippen molar-refractivity contribution in [2.24, 2.45) is 5.92 Å². The van der Waals surface area contributed by atoms with E-state index >= 15 is 0 Å². The number of hydrogen-bond acceptors (Lipinski definition) is 2. The number of aromatic nitrogens is 1. The predicted octanol–water partition coefficient (Wildman–Crippen LogP) is 6.92. The SMILES string of the molecule is Cc1cc(-c2nccc3cc(Br)ccc23)c2oc(CC(C)C)cc2c1. The van der Waals surface area contributed by atoms with Gasteiger partial charge in [0, 0.05) is 33.4 Å². The number of rotatable bonds is 3. The van der Waals surface area contributed by atoms with Crippen LogP contribution in [0.2, 0.25) is 0 Å². The first-order valence-electron chi connectivity index (χ1n) is 8.59. The van der Waals surface area contributed by atoms with E-state index in [9.17, 15) is 0 Å². The molecule has 4 rings (SSSR count). The van der Waals surface area contributed by atoms with Crippen LogP contribution in [0.3, 0.4) is 0 Å². The van der Waals surface area contributed by atoms with Crippen molar-refractivity contribution >= 4 is 37.7 Å². The average molecular weight is 394 g/mol. The summed E-state index contributed by atoms with van der Waals surface area (Å²) in [7, 11) is 0. The molecule has 0 amide bonds. The van der Waals surface area contributed by atoms with Crippen molar-refractivity contribution in [3.63, 3.8) is 0 Å². The number of hydrogen-bond donors (Lipinski definition) is 0. The van der Waals surface area contributed by atoms with Gasteiger partial charge in [0.15, 0.2) is 0 Å². The van der Waals surface area contributed by atoms with Crippen molar-refractivity contribution in [1.29, 1.82) is 0 Å². The Hall–Kier alpha value is -2.13. The average Bonchev–Trinajstić information content (AvgIpc) is 2.94. The quantitative estimate of drug-likeness (QED) is 0.377. The zero-order valence-electron chi connectivity index (χ0n) is 14.6. The Balaban J connectivity index is 1.99. The standard InChI is InChI=1S/C22H20BrNO/c1-13(2)8-18-12-16-9-14(3)10-20(22(16)25-18)21-19-5-4-17(23)11-15(19)6-7-24-21/h4-7,9-13H,8H2,1-3H3. The van der Waals surface area contributed by atoms with Gasteiger partial charge >= 0.3 is 0 Å². The van der Waals surface area contributed by atoms with Crippen LogP contribution in [-0.4, -0.2) is 4.98 Å². The molecule has 0 unspecified atom stereocenters. The smallest absolute Gasteiger partial charge is 0.143 e. The number of fused-ring (bicyclic) bond motifs is 2. The highest BCUT2D eigenvalue weighted by molar-refractivity contribution is 9.10. The van der Waals surface area contributed by atoms with E-state index in [2.05, 4.69) is 73.1 Å². The van der Waals surface area contributed by atoms with Gasteiger partial charge in [0.25, 0.3) is 0 Å². The van der Waals surface area contributed by atoms with E-state index in [0.29, 0.717) is 5.92 Å². The van der Waals surface area contributed by atoms with Crippen LogP contribution in [0.5, 0.6) is 0 Å². The molecule has 0 aliphatic rings. The monoisotopic (exact) mass is 393 g/mol. The second-order valence-electron chi connectivity index (χ2n) is 7.07. The van der Waals surface area contributed by atoms with Gasteiger partial charge in [-0.25, -0.2) is 0 Å². The Bertz CT molecular complexity index is 1080. The Morgan fingerprint density at radius 3 is 2.68 bits per heavy atom. The summed E-state index contributed by atoms with van der Waals surface area (Å²) < 4.78 is 7.32. The third-order valence-corrected chi connectivity index (χ3v) is 4.90. The fraction of sp³-hybridized carbons (Fsp3) is 0.227. The van der Waals surface area contributed by atoms with Crippen LogP contribution >= 0.6 is 15.9 Å². The highest BCUT2D eigenvalue weighted by atomic mass is 79.9. The number of halogens is 1. The van der Waals surface area contributed by atoms with Crippen LogP contribution in [-0.2, 0) is 6.42 Å². The van der Waals surface area contributed by atoms with E-state index in [-0.39, 0.29) is 0 Å². The van der Waals surface area contributed by atoms with Gasteiger partial charge in [0.05, 0.1) is 5.69 Å². The molecule has 0 saturated carbocycles. The summed E-state index contributed by atoms with van der Waals surface area (Å²) in [6.07, 6.45) is 2.82. The highest BCUT2D eigenvalue weighted by Crippen LogP contribution is 2.36. The number of pyridine rings is 1. The molecule has 3 heteroatoms. The first-order valence-corrected chi connectivity index (χ1v) is 9.38. The summed E-state index contributed by atoms with van der Waals surface area (Å²) in [4.78, 5) is 4.69. The number of benzene rings is 2. The van der Waals surface area contributed by atoms with Crippen LogP contribution < -0.4 is 0 Å². The van der Waals surface area contributed by atoms with Crippen LogP contribution in [0, 0.1) is 12.8 Å². The van der Waals surface area contributed by atoms with E-state index < -0.39 is 0 Å². The summed E-state index contributed by atoms with van der Waals surface area (Å²) in [5.41, 5.74) is 4.20. The molecule has 0 fully saturated rings. The highest BCUT2D eigenvalue weighted by Gasteiger charge is 2.15. The molecule has 2 heterocycles. The van der Waals surface area contributed by atoms with E-state index in [4.69, 9.17) is 9.40 Å². The lowest BCUT2D eigenvalue weighted by Crippen LogP contribution is -1.90. The number of nitrogens with zero attached hydrogens (tertiary/aromatic N) is 1. The van der Waals surface area contributed by atoms with Crippen molar-refractivity contribution < 1.29 is 4.42 Å². The zero-order valence-corrected chi connectivity index (χ0v) is 16.2. The van der Waals surface area contributed by atoms with E-state index in [0.717, 1.165) is 44.3 Å². The van der Waals surface area contributed by atoms with Crippen molar-refractivity contribution in [2.45, 2.75) is 27.2 Å². The molecule has 2 aromatic carbocycles. The molecule has 0 bridgehead atoms. The van der Waals surface area contributed by atoms with Gasteiger partial charge in [-0.2, -0.15) is 0 Å². The summed E-state index contributed by atoms with van der Waals surface area (Å²) in [5, 5.41) is 3.46. The molecule has 2 nitrogen and oxygen atoms in total. The molecule has 4 aromatic rings. The van der Waals surface area contributed by atoms with E-state index in [1.807, 2.05) is 12.3 Å². The maximum Gasteiger partial charge on any atom is 0.143 e. The maximum absolute atomic E-state index is 6.24. The first kappa shape index (κ1) is 16.3. The minimum atomic E-state index is 0.568. The minimum absolute atomic E-state index is 0.568. The molecule has 0 aliphatic heterocycles. The molecule has 0 radical (unpaired) electrons. The van der Waals surface area contributed by atoms with Crippen molar-refractivity contribution in [1.82, 2.24) is 4.98 Å². The lowest BCUT2D eigenvalue weighted by molar-refractivity contribution is 0.500. The largest absolute Gasteiger partial charge is 0.460 e. The van der Waals surface area contributed by atoms with Gasteiger partial charge in [-0.05, 0) is 60.2 Å². The van der Waals surface area contributed by atoms with Crippen molar-refractivity contribution in [3.8, 4) is 11.3 Å². The molecular weight excluding hydrogens is 374 g/mol. The van der Waals surface area contributed by atoms with Crippen LogP contribution in [0.4, 0.5) is 0 Å². The van der Waals surface area contributed by atoms with E-state index in [1.54, 1.807) is 0 Å². The second-order valence-corrected chi connectivity index (χ2v) is 7.98. The molecular formula is C22H20BrNO. The van der Waals surface area contributed by atoms with Crippen LogP contribution in [0.25, 0.3) is 33.0 Å². The van der Waals surface area contributed by atoms with Gasteiger partial charge < -0.3 is 4.42 Å². The second kappa shape index (κ2) is 6.30. The molecule has 0 saturated heterocycles. The molecule has 25 heavy (non-hydrogen) atoms. The molecule has 0 spiro atoms. The van der Waals surface area contributed by atoms with Gasteiger partial charge in [0.2, 0.25) is 0 Å². The van der Waals surface area contributed by atoms with Gasteiger partial charge in [-0.1, -0.05) is 35.8 Å². The van der Waals surface area contributed by atoms with Crippen LogP contribution in [0.1, 0.15) is 25.2 Å². The van der Waals surface area contributed by atoms with Gasteiger partial charge in [-0.15, -0.1) is 0 Å². The lowest BCUT2D eigenvalue weighted by atomic mass is 10.0. The van der Waals surface area contributed by atoms with Crippen molar-refractivity contribution in [3.05, 3.63) is 64.5 Å². The molecule has 2 aromatic heterocycles. The molecule has 0 N–H and O–H groups in total. The zero-order chi connectivity index (χ0) is 17.6. The first-order chi connectivity index (χ1) is 12.0. The van der Waals surface area contributed by atoms with Crippen molar-refractivity contribution in [2.75, 3.05) is 0 Å². The predicted molar refractivity (Wildman–Crippen MR) is 108 cm³/mol. The fourth-order valence-electron chi connectivity index (χ4n) is 3.40. The summed E-state index contributed by atoms with van der Waals surface area (Å²) in [5.74, 6) is 1.61. The summed E-state index contributed by atoms with van der Waals surface area (Å²) in [6, 6.07) is 14.9. The van der Waals surface area contributed by atoms with Gasteiger partial charge in [0.1, 0.15) is 11.3 Å². The fourth-order valence-corrected chi connectivity index (χ4v) is 3.78. The number of aryl methyl sites for hydroxylation is 1. The molecule has 0 atom stereocenters. The Labute approximate surface area is 156 Å². The maximum atomic E-state index is 6.24. The Kier molecular flexibility index (Phi) is 4.12. The van der Waals surface area contributed by atoms with Gasteiger partial charge in [-0.3, -0.25) is 4.98 Å².